The highest BCUT2D eigenvalue weighted by Crippen LogP contribution is 2.23. The van der Waals surface area contributed by atoms with Gasteiger partial charge in [0.15, 0.2) is 4.60 Å². The quantitative estimate of drug-likeness (QED) is 0.920. The third-order valence-electron chi connectivity index (χ3n) is 2.29. The SMILES string of the molecule is Cn1nnc(Br)c1C(O)Cc1cccnc1. The summed E-state index contributed by atoms with van der Waals surface area (Å²) in [7, 11) is 1.75. The normalized spacial score (nSPS) is 12.7. The molecular formula is C10H11BrN4O. The number of rotatable bonds is 3. The summed E-state index contributed by atoms with van der Waals surface area (Å²) in [6, 6.07) is 3.77. The van der Waals surface area contributed by atoms with Gasteiger partial charge in [0.1, 0.15) is 11.8 Å². The van der Waals surface area contributed by atoms with E-state index >= 15 is 0 Å². The van der Waals surface area contributed by atoms with Crippen LogP contribution in [0.3, 0.4) is 0 Å². The molecule has 2 heterocycles. The Labute approximate surface area is 101 Å². The summed E-state index contributed by atoms with van der Waals surface area (Å²) >= 11 is 3.26. The summed E-state index contributed by atoms with van der Waals surface area (Å²) in [6.07, 6.45) is 3.30. The average Bonchev–Trinajstić information content (AvgIpc) is 2.60. The summed E-state index contributed by atoms with van der Waals surface area (Å²) in [6.45, 7) is 0. The van der Waals surface area contributed by atoms with Crippen molar-refractivity contribution < 1.29 is 5.11 Å². The summed E-state index contributed by atoms with van der Waals surface area (Å²) in [5, 5.41) is 17.7. The van der Waals surface area contributed by atoms with Gasteiger partial charge in [-0.3, -0.25) is 4.98 Å². The van der Waals surface area contributed by atoms with Gasteiger partial charge in [-0.15, -0.1) is 5.10 Å². The number of hydrogen-bond acceptors (Lipinski definition) is 4. The van der Waals surface area contributed by atoms with Crippen molar-refractivity contribution in [2.24, 2.45) is 7.05 Å². The molecule has 1 unspecified atom stereocenters. The fourth-order valence-corrected chi connectivity index (χ4v) is 2.12. The van der Waals surface area contributed by atoms with Crippen LogP contribution in [0.2, 0.25) is 0 Å². The molecule has 1 atom stereocenters. The summed E-state index contributed by atoms with van der Waals surface area (Å²) in [5.74, 6) is 0. The first-order valence-electron chi connectivity index (χ1n) is 4.80. The molecule has 6 heteroatoms. The zero-order chi connectivity index (χ0) is 11.5. The van der Waals surface area contributed by atoms with Crippen molar-refractivity contribution in [3.8, 4) is 0 Å². The number of pyridine rings is 1. The molecule has 2 rings (SSSR count). The van der Waals surface area contributed by atoms with Crippen LogP contribution in [0, 0.1) is 0 Å². The summed E-state index contributed by atoms with van der Waals surface area (Å²) < 4.78 is 2.14. The highest BCUT2D eigenvalue weighted by atomic mass is 79.9. The Bertz CT molecular complexity index is 451. The van der Waals surface area contributed by atoms with Gasteiger partial charge in [-0.1, -0.05) is 11.3 Å². The first kappa shape index (κ1) is 11.2. The lowest BCUT2D eigenvalue weighted by Gasteiger charge is -2.10. The van der Waals surface area contributed by atoms with Crippen LogP contribution in [0.5, 0.6) is 0 Å². The molecule has 0 fully saturated rings. The molecule has 84 valence electrons. The van der Waals surface area contributed by atoms with Gasteiger partial charge in [0.2, 0.25) is 0 Å². The van der Waals surface area contributed by atoms with E-state index in [1.165, 1.54) is 0 Å². The largest absolute Gasteiger partial charge is 0.386 e. The number of halogens is 1. The third-order valence-corrected chi connectivity index (χ3v) is 2.86. The molecule has 0 bridgehead atoms. The van der Waals surface area contributed by atoms with Crippen molar-refractivity contribution >= 4 is 15.9 Å². The van der Waals surface area contributed by atoms with E-state index in [0.717, 1.165) is 5.56 Å². The van der Waals surface area contributed by atoms with E-state index in [1.807, 2.05) is 12.1 Å². The topological polar surface area (TPSA) is 63.8 Å². The second-order valence-corrected chi connectivity index (χ2v) is 4.22. The maximum atomic E-state index is 10.1. The molecule has 0 aliphatic rings. The lowest BCUT2D eigenvalue weighted by molar-refractivity contribution is 0.167. The molecule has 5 nitrogen and oxygen atoms in total. The predicted molar refractivity (Wildman–Crippen MR) is 61.6 cm³/mol. The van der Waals surface area contributed by atoms with Crippen molar-refractivity contribution in [2.75, 3.05) is 0 Å². The van der Waals surface area contributed by atoms with E-state index < -0.39 is 6.10 Å². The molecule has 0 saturated carbocycles. The van der Waals surface area contributed by atoms with Crippen LogP contribution in [0.25, 0.3) is 0 Å². The average molecular weight is 283 g/mol. The third kappa shape index (κ3) is 2.28. The van der Waals surface area contributed by atoms with Gasteiger partial charge in [0, 0.05) is 25.9 Å². The second kappa shape index (κ2) is 4.71. The van der Waals surface area contributed by atoms with E-state index in [4.69, 9.17) is 0 Å². The first-order valence-corrected chi connectivity index (χ1v) is 5.60. The minimum atomic E-state index is -0.640. The number of nitrogens with zero attached hydrogens (tertiary/aromatic N) is 4. The Morgan fingerprint density at radius 2 is 2.38 bits per heavy atom. The zero-order valence-electron chi connectivity index (χ0n) is 8.71. The molecule has 16 heavy (non-hydrogen) atoms. The van der Waals surface area contributed by atoms with Crippen molar-refractivity contribution in [3.05, 3.63) is 40.4 Å². The smallest absolute Gasteiger partial charge is 0.154 e. The molecule has 1 N–H and O–H groups in total. The molecule has 0 amide bonds. The lowest BCUT2D eigenvalue weighted by atomic mass is 10.1. The van der Waals surface area contributed by atoms with Crippen molar-refractivity contribution in [1.29, 1.82) is 0 Å². The fourth-order valence-electron chi connectivity index (χ4n) is 1.53. The Hall–Kier alpha value is -1.27. The number of aromatic nitrogens is 4. The van der Waals surface area contributed by atoms with Crippen molar-refractivity contribution in [3.63, 3.8) is 0 Å². The maximum Gasteiger partial charge on any atom is 0.154 e. The standard InChI is InChI=1S/C10H11BrN4O/c1-15-9(10(11)13-14-15)8(16)5-7-3-2-4-12-6-7/h2-4,6,8,16H,5H2,1H3. The molecule has 0 aliphatic carbocycles. The van der Waals surface area contributed by atoms with Crippen LogP contribution in [-0.4, -0.2) is 25.1 Å². The van der Waals surface area contributed by atoms with E-state index in [0.29, 0.717) is 16.7 Å². The van der Waals surface area contributed by atoms with Crippen LogP contribution in [0.1, 0.15) is 17.4 Å². The van der Waals surface area contributed by atoms with Crippen LogP contribution in [0.15, 0.2) is 29.1 Å². The Balaban J connectivity index is 2.18. The zero-order valence-corrected chi connectivity index (χ0v) is 10.3. The fraction of sp³-hybridized carbons (Fsp3) is 0.300. The molecule has 2 aromatic heterocycles. The van der Waals surface area contributed by atoms with E-state index in [1.54, 1.807) is 24.1 Å². The maximum absolute atomic E-state index is 10.1. The molecule has 0 aliphatic heterocycles. The predicted octanol–water partition coefficient (Wildman–Crippen LogP) is 1.25. The summed E-state index contributed by atoms with van der Waals surface area (Å²) in [5.41, 5.74) is 1.65. The van der Waals surface area contributed by atoms with Gasteiger partial charge in [0.25, 0.3) is 0 Å². The minimum absolute atomic E-state index is 0.494. The number of hydrogen-bond donors (Lipinski definition) is 1. The minimum Gasteiger partial charge on any atom is -0.386 e. The first-order chi connectivity index (χ1) is 7.68. The number of aryl methyl sites for hydroxylation is 1. The molecule has 2 aromatic rings. The highest BCUT2D eigenvalue weighted by molar-refractivity contribution is 9.10. The molecule has 0 aromatic carbocycles. The Morgan fingerprint density at radius 3 is 2.94 bits per heavy atom. The number of aliphatic hydroxyl groups is 1. The van der Waals surface area contributed by atoms with Gasteiger partial charge in [-0.05, 0) is 27.6 Å². The monoisotopic (exact) mass is 282 g/mol. The van der Waals surface area contributed by atoms with Gasteiger partial charge in [-0.2, -0.15) is 0 Å². The number of aliphatic hydroxyl groups excluding tert-OH is 1. The van der Waals surface area contributed by atoms with Gasteiger partial charge in [-0.25, -0.2) is 4.68 Å². The van der Waals surface area contributed by atoms with Crippen molar-refractivity contribution in [1.82, 2.24) is 20.0 Å². The van der Waals surface area contributed by atoms with E-state index in [2.05, 4.69) is 31.2 Å². The molecule has 0 spiro atoms. The van der Waals surface area contributed by atoms with Crippen LogP contribution in [0.4, 0.5) is 0 Å². The van der Waals surface area contributed by atoms with Gasteiger partial charge >= 0.3 is 0 Å². The van der Waals surface area contributed by atoms with Crippen LogP contribution >= 0.6 is 15.9 Å². The van der Waals surface area contributed by atoms with Crippen LogP contribution in [-0.2, 0) is 13.5 Å². The highest BCUT2D eigenvalue weighted by Gasteiger charge is 2.17. The van der Waals surface area contributed by atoms with E-state index in [9.17, 15) is 5.11 Å². The molecule has 0 saturated heterocycles. The van der Waals surface area contributed by atoms with E-state index in [-0.39, 0.29) is 0 Å². The van der Waals surface area contributed by atoms with Gasteiger partial charge < -0.3 is 5.11 Å². The van der Waals surface area contributed by atoms with Crippen LogP contribution < -0.4 is 0 Å². The Morgan fingerprint density at radius 1 is 1.56 bits per heavy atom. The Kier molecular flexibility index (Phi) is 3.31. The molecular weight excluding hydrogens is 272 g/mol. The van der Waals surface area contributed by atoms with Crippen molar-refractivity contribution in [2.45, 2.75) is 12.5 Å². The van der Waals surface area contributed by atoms with Gasteiger partial charge in [0.05, 0.1) is 0 Å². The lowest BCUT2D eigenvalue weighted by Crippen LogP contribution is -2.08. The second-order valence-electron chi connectivity index (χ2n) is 3.47. The summed E-state index contributed by atoms with van der Waals surface area (Å²) in [4.78, 5) is 4.00. The molecule has 0 radical (unpaired) electrons.